The third-order valence-electron chi connectivity index (χ3n) is 0.535. The average molecular weight is 163 g/mol. The molecule has 0 unspecified atom stereocenters. The Morgan fingerprint density at radius 2 is 2.57 bits per heavy atom. The van der Waals surface area contributed by atoms with Crippen molar-refractivity contribution in [3.05, 3.63) is 0 Å². The predicted octanol–water partition coefficient (Wildman–Crippen LogP) is -0.296. The Bertz CT molecular complexity index is 131. The monoisotopic (exact) mass is 164 g/mol. The summed E-state index contributed by atoms with van der Waals surface area (Å²) < 4.78 is 5.02. The molecule has 0 aliphatic carbocycles. The van der Waals surface area contributed by atoms with E-state index in [1.54, 1.807) is 0 Å². The van der Waals surface area contributed by atoms with Crippen LogP contribution in [0.3, 0.4) is 0 Å². The molecule has 0 bridgehead atoms. The molecule has 0 aromatic carbocycles. The van der Waals surface area contributed by atoms with Gasteiger partial charge in [-0.3, -0.25) is 0 Å². The van der Waals surface area contributed by atoms with Gasteiger partial charge in [-0.1, -0.05) is 0 Å². The topological polar surface area (TPSA) is 38.7 Å². The normalized spacial score (nSPS) is 18.9. The molecule has 1 radical (unpaired) electrons. The van der Waals surface area contributed by atoms with Crippen molar-refractivity contribution in [1.82, 2.24) is 0 Å². The summed E-state index contributed by atoms with van der Waals surface area (Å²) in [5.41, 5.74) is 0. The van der Waals surface area contributed by atoms with Gasteiger partial charge in [0.1, 0.15) is 0 Å². The number of hydrogen-bond acceptors (Lipinski definition) is 2. The van der Waals surface area contributed by atoms with E-state index < -0.39 is 6.09 Å². The van der Waals surface area contributed by atoms with Crippen LogP contribution in [0.15, 0.2) is 4.99 Å². The first-order valence-corrected chi connectivity index (χ1v) is 2.56. The van der Waals surface area contributed by atoms with E-state index in [1.807, 2.05) is 0 Å². The van der Waals surface area contributed by atoms with Gasteiger partial charge in [0, 0.05) is 0 Å². The second kappa shape index (κ2) is 1.64. The van der Waals surface area contributed by atoms with Crippen molar-refractivity contribution >= 4 is 26.7 Å². The van der Waals surface area contributed by atoms with Crippen LogP contribution >= 0.6 is 0 Å². The van der Waals surface area contributed by atoms with Crippen molar-refractivity contribution in [2.24, 2.45) is 4.99 Å². The van der Waals surface area contributed by atoms with Crippen LogP contribution in [-0.2, 0) is 4.74 Å². The van der Waals surface area contributed by atoms with E-state index in [0.717, 1.165) is 0 Å². The molecule has 1 heterocycles. The summed E-state index contributed by atoms with van der Waals surface area (Å²) >= 11 is 2.57. The summed E-state index contributed by atoms with van der Waals surface area (Å²) in [6.07, 6.45) is -0.492. The standard InChI is InChI=1S/C3H2NO2Se/c5-3-4-2(7)1-6-3/h1H2. The predicted molar refractivity (Wildman–Crippen MR) is 24.5 cm³/mol. The summed E-state index contributed by atoms with van der Waals surface area (Å²) in [4.78, 5) is 13.4. The number of hydrogen-bond donors (Lipinski definition) is 0. The van der Waals surface area contributed by atoms with Crippen LogP contribution in [0.2, 0.25) is 0 Å². The summed E-state index contributed by atoms with van der Waals surface area (Å²) in [7, 11) is 0. The van der Waals surface area contributed by atoms with Crippen molar-refractivity contribution < 1.29 is 9.53 Å². The molecule has 3 nitrogen and oxygen atoms in total. The maximum atomic E-state index is 10.0. The third kappa shape index (κ3) is 1.01. The molecule has 4 heteroatoms. The fourth-order valence-corrected chi connectivity index (χ4v) is 0.570. The first kappa shape index (κ1) is 4.81. The molecule has 0 aromatic heterocycles. The molecule has 0 saturated carbocycles. The second-order valence-electron chi connectivity index (χ2n) is 1.06. The fraction of sp³-hybridized carbons (Fsp3) is 0.333. The van der Waals surface area contributed by atoms with Gasteiger partial charge in [0.25, 0.3) is 0 Å². The fourth-order valence-electron chi connectivity index (χ4n) is 0.290. The summed E-state index contributed by atoms with van der Waals surface area (Å²) in [6, 6.07) is 0. The number of cyclic esters (lactones) is 1. The van der Waals surface area contributed by atoms with Crippen molar-refractivity contribution in [2.45, 2.75) is 0 Å². The minimum atomic E-state index is -0.492. The Morgan fingerprint density at radius 1 is 1.86 bits per heavy atom. The maximum absolute atomic E-state index is 10.0. The van der Waals surface area contributed by atoms with Crippen LogP contribution in [0.4, 0.5) is 4.79 Å². The van der Waals surface area contributed by atoms with Crippen LogP contribution in [0, 0.1) is 0 Å². The molecular weight excluding hydrogens is 161 g/mol. The van der Waals surface area contributed by atoms with Crippen LogP contribution in [-0.4, -0.2) is 33.3 Å². The van der Waals surface area contributed by atoms with Gasteiger partial charge in [0.2, 0.25) is 0 Å². The first-order valence-electron chi connectivity index (χ1n) is 1.70. The van der Waals surface area contributed by atoms with Crippen LogP contribution < -0.4 is 0 Å². The molecule has 7 heavy (non-hydrogen) atoms. The van der Waals surface area contributed by atoms with Gasteiger partial charge in [-0.25, -0.2) is 0 Å². The number of aliphatic imine (C=N–C) groups is 1. The van der Waals surface area contributed by atoms with E-state index in [1.165, 1.54) is 0 Å². The molecule has 0 aromatic rings. The van der Waals surface area contributed by atoms with Gasteiger partial charge in [-0.15, -0.1) is 0 Å². The van der Waals surface area contributed by atoms with Crippen molar-refractivity contribution in [3.8, 4) is 0 Å². The number of amides is 1. The van der Waals surface area contributed by atoms with Gasteiger partial charge in [-0.05, 0) is 0 Å². The number of ether oxygens (including phenoxy) is 1. The van der Waals surface area contributed by atoms with Crippen LogP contribution in [0.25, 0.3) is 0 Å². The molecule has 0 spiro atoms. The van der Waals surface area contributed by atoms with Gasteiger partial charge < -0.3 is 0 Å². The van der Waals surface area contributed by atoms with Gasteiger partial charge in [0.15, 0.2) is 0 Å². The number of rotatable bonds is 0. The molecule has 1 aliphatic heterocycles. The quantitative estimate of drug-likeness (QED) is 0.460. The molecule has 37 valence electrons. The average Bonchev–Trinajstić information content (AvgIpc) is 1.87. The van der Waals surface area contributed by atoms with Crippen LogP contribution in [0.1, 0.15) is 0 Å². The number of carbonyl (C=O) groups is 1. The molecular formula is C3H2NO2Se. The van der Waals surface area contributed by atoms with Gasteiger partial charge in [-0.2, -0.15) is 0 Å². The van der Waals surface area contributed by atoms with Crippen molar-refractivity contribution in [3.63, 3.8) is 0 Å². The number of carbonyl (C=O) groups excluding carboxylic acids is 1. The van der Waals surface area contributed by atoms with Gasteiger partial charge >= 0.3 is 47.8 Å². The number of nitrogens with zero attached hydrogens (tertiary/aromatic N) is 1. The van der Waals surface area contributed by atoms with Crippen molar-refractivity contribution in [2.75, 3.05) is 6.61 Å². The second-order valence-corrected chi connectivity index (χ2v) is 2.05. The third-order valence-corrected chi connectivity index (χ3v) is 0.974. The van der Waals surface area contributed by atoms with E-state index in [9.17, 15) is 4.79 Å². The molecule has 1 rings (SSSR count). The van der Waals surface area contributed by atoms with Crippen molar-refractivity contribution in [1.29, 1.82) is 0 Å². The zero-order valence-corrected chi connectivity index (χ0v) is 5.09. The van der Waals surface area contributed by atoms with Crippen LogP contribution in [0.5, 0.6) is 0 Å². The Hall–Kier alpha value is -0.341. The van der Waals surface area contributed by atoms with E-state index in [4.69, 9.17) is 0 Å². The SMILES string of the molecule is O=C1N=C([Se])CO1. The van der Waals surface area contributed by atoms with E-state index in [-0.39, 0.29) is 0 Å². The Labute approximate surface area is 48.6 Å². The summed E-state index contributed by atoms with van der Waals surface area (Å²) in [5.74, 6) is 0. The molecule has 0 saturated heterocycles. The summed E-state index contributed by atoms with van der Waals surface area (Å²) in [6.45, 7) is 0.318. The zero-order chi connectivity index (χ0) is 5.28. The Morgan fingerprint density at radius 3 is 2.71 bits per heavy atom. The van der Waals surface area contributed by atoms with Gasteiger partial charge in [0.05, 0.1) is 0 Å². The Kier molecular flexibility index (Phi) is 1.13. The molecule has 0 atom stereocenters. The Balaban J connectivity index is 2.67. The zero-order valence-electron chi connectivity index (χ0n) is 3.38. The first-order chi connectivity index (χ1) is 3.29. The minimum absolute atomic E-state index is 0.318. The van der Waals surface area contributed by atoms with E-state index in [2.05, 4.69) is 25.7 Å². The molecule has 0 N–H and O–H groups in total. The molecule has 0 fully saturated rings. The molecule has 1 amide bonds. The summed E-state index contributed by atoms with van der Waals surface area (Å²) in [5, 5.41) is 0. The van der Waals surface area contributed by atoms with E-state index in [0.29, 0.717) is 11.2 Å². The van der Waals surface area contributed by atoms with E-state index >= 15 is 0 Å². The molecule has 1 aliphatic rings.